The van der Waals surface area contributed by atoms with Gasteiger partial charge in [0, 0.05) is 7.05 Å². The van der Waals surface area contributed by atoms with Crippen LogP contribution in [-0.4, -0.2) is 44.3 Å². The minimum absolute atomic E-state index is 0.138. The van der Waals surface area contributed by atoms with E-state index in [2.05, 4.69) is 5.32 Å². The Hall–Kier alpha value is -2.69. The van der Waals surface area contributed by atoms with Gasteiger partial charge in [-0.05, 0) is 43.2 Å². The third-order valence-electron chi connectivity index (χ3n) is 3.76. The number of hydrogen-bond donors (Lipinski definition) is 1. The minimum atomic E-state index is -0.138. The van der Waals surface area contributed by atoms with Gasteiger partial charge in [0.05, 0.1) is 13.1 Å². The molecule has 0 saturated heterocycles. The quantitative estimate of drug-likeness (QED) is 0.748. The van der Waals surface area contributed by atoms with Crippen molar-refractivity contribution in [2.75, 3.05) is 33.4 Å². The average molecular weight is 342 g/mol. The van der Waals surface area contributed by atoms with Gasteiger partial charge < -0.3 is 19.7 Å². The Labute approximate surface area is 149 Å². The van der Waals surface area contributed by atoms with Crippen molar-refractivity contribution in [3.8, 4) is 11.5 Å². The van der Waals surface area contributed by atoms with E-state index in [1.165, 1.54) is 0 Å². The van der Waals surface area contributed by atoms with Crippen LogP contribution >= 0.6 is 0 Å². The molecule has 0 radical (unpaired) electrons. The molecule has 0 spiro atoms. The fraction of sp³-hybridized carbons (Fsp3) is 0.350. The molecule has 0 saturated carbocycles. The lowest BCUT2D eigenvalue weighted by molar-refractivity contribution is 0.192. The number of nitrogens with one attached hydrogen (secondary N) is 1. The number of likely N-dealkylation sites (N-methyl/N-ethyl adjacent to an activating group) is 1. The minimum Gasteiger partial charge on any atom is -0.492 e. The number of urea groups is 1. The van der Waals surface area contributed by atoms with Gasteiger partial charge in [-0.3, -0.25) is 0 Å². The first-order valence-electron chi connectivity index (χ1n) is 8.43. The molecule has 0 heterocycles. The second-order valence-corrected chi connectivity index (χ2v) is 5.93. The number of carbonyl (C=O) groups is 1. The molecular formula is C20H26N2O3. The van der Waals surface area contributed by atoms with Gasteiger partial charge >= 0.3 is 6.03 Å². The molecule has 5 heteroatoms. The SMILES string of the molecule is Cc1cccc(OCCNC(=O)N(C)CCOc2ccccc2C)c1. The van der Waals surface area contributed by atoms with Crippen LogP contribution in [0.3, 0.4) is 0 Å². The molecule has 0 atom stereocenters. The van der Waals surface area contributed by atoms with E-state index in [9.17, 15) is 4.79 Å². The molecule has 2 rings (SSSR count). The molecule has 25 heavy (non-hydrogen) atoms. The summed E-state index contributed by atoms with van der Waals surface area (Å²) in [5, 5.41) is 2.83. The first-order chi connectivity index (χ1) is 12.1. The highest BCUT2D eigenvalue weighted by molar-refractivity contribution is 5.73. The van der Waals surface area contributed by atoms with Gasteiger partial charge in [0.1, 0.15) is 24.7 Å². The number of carbonyl (C=O) groups excluding carboxylic acids is 1. The molecule has 0 aromatic heterocycles. The summed E-state index contributed by atoms with van der Waals surface area (Å²) < 4.78 is 11.3. The summed E-state index contributed by atoms with van der Waals surface area (Å²) in [6.07, 6.45) is 0. The second kappa shape index (κ2) is 9.57. The van der Waals surface area contributed by atoms with Gasteiger partial charge in [-0.1, -0.05) is 30.3 Å². The molecule has 0 fully saturated rings. The zero-order valence-electron chi connectivity index (χ0n) is 15.1. The Morgan fingerprint density at radius 2 is 1.84 bits per heavy atom. The predicted octanol–water partition coefficient (Wildman–Crippen LogP) is 3.40. The van der Waals surface area contributed by atoms with Crippen molar-refractivity contribution in [3.63, 3.8) is 0 Å². The fourth-order valence-electron chi connectivity index (χ4n) is 2.28. The maximum Gasteiger partial charge on any atom is 0.317 e. The van der Waals surface area contributed by atoms with Gasteiger partial charge in [0.25, 0.3) is 0 Å². The average Bonchev–Trinajstić information content (AvgIpc) is 2.60. The Morgan fingerprint density at radius 3 is 2.60 bits per heavy atom. The molecule has 1 N–H and O–H groups in total. The van der Waals surface area contributed by atoms with Crippen LogP contribution in [-0.2, 0) is 0 Å². The van der Waals surface area contributed by atoms with Crippen LogP contribution in [0.2, 0.25) is 0 Å². The molecular weight excluding hydrogens is 316 g/mol. The van der Waals surface area contributed by atoms with Gasteiger partial charge in [-0.2, -0.15) is 0 Å². The van der Waals surface area contributed by atoms with Gasteiger partial charge in [-0.15, -0.1) is 0 Å². The van der Waals surface area contributed by atoms with Crippen molar-refractivity contribution < 1.29 is 14.3 Å². The van der Waals surface area contributed by atoms with Gasteiger partial charge in [0.15, 0.2) is 0 Å². The normalized spacial score (nSPS) is 10.2. The van der Waals surface area contributed by atoms with E-state index in [1.807, 2.05) is 62.4 Å². The molecule has 2 aromatic rings. The maximum atomic E-state index is 12.0. The number of ether oxygens (including phenoxy) is 2. The van der Waals surface area contributed by atoms with Crippen LogP contribution in [0.15, 0.2) is 48.5 Å². The van der Waals surface area contributed by atoms with E-state index in [4.69, 9.17) is 9.47 Å². The smallest absolute Gasteiger partial charge is 0.317 e. The number of nitrogens with zero attached hydrogens (tertiary/aromatic N) is 1. The van der Waals surface area contributed by atoms with Gasteiger partial charge in [-0.25, -0.2) is 4.79 Å². The highest BCUT2D eigenvalue weighted by Crippen LogP contribution is 2.15. The van der Waals surface area contributed by atoms with Crippen LogP contribution < -0.4 is 14.8 Å². The van der Waals surface area contributed by atoms with E-state index >= 15 is 0 Å². The lowest BCUT2D eigenvalue weighted by Crippen LogP contribution is -2.40. The summed E-state index contributed by atoms with van der Waals surface area (Å²) in [6, 6.07) is 15.5. The molecule has 0 bridgehead atoms. The summed E-state index contributed by atoms with van der Waals surface area (Å²) in [5.74, 6) is 1.66. The van der Waals surface area contributed by atoms with Crippen LogP contribution in [0.1, 0.15) is 11.1 Å². The third-order valence-corrected chi connectivity index (χ3v) is 3.76. The number of aryl methyl sites for hydroxylation is 2. The van der Waals surface area contributed by atoms with Crippen LogP contribution in [0.4, 0.5) is 4.79 Å². The Kier molecular flexibility index (Phi) is 7.14. The van der Waals surface area contributed by atoms with Crippen molar-refractivity contribution in [1.82, 2.24) is 10.2 Å². The molecule has 2 aromatic carbocycles. The van der Waals surface area contributed by atoms with Crippen LogP contribution in [0.25, 0.3) is 0 Å². The lowest BCUT2D eigenvalue weighted by atomic mass is 10.2. The van der Waals surface area contributed by atoms with Crippen molar-refractivity contribution in [3.05, 3.63) is 59.7 Å². The molecule has 2 amide bonds. The Balaban J connectivity index is 1.62. The Bertz CT molecular complexity index is 688. The fourth-order valence-corrected chi connectivity index (χ4v) is 2.28. The summed E-state index contributed by atoms with van der Waals surface area (Å²) >= 11 is 0. The topological polar surface area (TPSA) is 50.8 Å². The second-order valence-electron chi connectivity index (χ2n) is 5.93. The number of hydrogen-bond acceptors (Lipinski definition) is 3. The zero-order valence-corrected chi connectivity index (χ0v) is 15.1. The molecule has 5 nitrogen and oxygen atoms in total. The maximum absolute atomic E-state index is 12.0. The first-order valence-corrected chi connectivity index (χ1v) is 8.43. The first kappa shape index (κ1) is 18.6. The third kappa shape index (κ3) is 6.37. The van der Waals surface area contributed by atoms with E-state index in [1.54, 1.807) is 11.9 Å². The Morgan fingerprint density at radius 1 is 1.04 bits per heavy atom. The van der Waals surface area contributed by atoms with E-state index in [-0.39, 0.29) is 6.03 Å². The summed E-state index contributed by atoms with van der Waals surface area (Å²) in [7, 11) is 1.75. The van der Waals surface area contributed by atoms with E-state index < -0.39 is 0 Å². The van der Waals surface area contributed by atoms with E-state index in [0.717, 1.165) is 22.6 Å². The highest BCUT2D eigenvalue weighted by atomic mass is 16.5. The van der Waals surface area contributed by atoms with Crippen LogP contribution in [0, 0.1) is 13.8 Å². The molecule has 0 aliphatic rings. The molecule has 134 valence electrons. The van der Waals surface area contributed by atoms with Crippen LogP contribution in [0.5, 0.6) is 11.5 Å². The van der Waals surface area contributed by atoms with E-state index in [0.29, 0.717) is 26.3 Å². The summed E-state index contributed by atoms with van der Waals surface area (Å²) in [4.78, 5) is 13.6. The van der Waals surface area contributed by atoms with Crippen molar-refractivity contribution in [2.24, 2.45) is 0 Å². The largest absolute Gasteiger partial charge is 0.492 e. The monoisotopic (exact) mass is 342 g/mol. The number of benzene rings is 2. The van der Waals surface area contributed by atoms with Crippen molar-refractivity contribution in [1.29, 1.82) is 0 Å². The lowest BCUT2D eigenvalue weighted by Gasteiger charge is -2.18. The van der Waals surface area contributed by atoms with Gasteiger partial charge in [0.2, 0.25) is 0 Å². The summed E-state index contributed by atoms with van der Waals surface area (Å²) in [6.45, 7) is 5.87. The number of rotatable bonds is 8. The zero-order chi connectivity index (χ0) is 18.1. The molecule has 0 aliphatic carbocycles. The van der Waals surface area contributed by atoms with Crippen molar-refractivity contribution in [2.45, 2.75) is 13.8 Å². The molecule has 0 unspecified atom stereocenters. The standard InChI is InChI=1S/C20H26N2O3/c1-16-7-6-9-18(15-16)24-13-11-21-20(23)22(3)12-14-25-19-10-5-4-8-17(19)2/h4-10,15H,11-14H2,1-3H3,(H,21,23). The summed E-state index contributed by atoms with van der Waals surface area (Å²) in [5.41, 5.74) is 2.23. The molecule has 0 aliphatic heterocycles. The number of para-hydroxylation sites is 1. The highest BCUT2D eigenvalue weighted by Gasteiger charge is 2.08. The van der Waals surface area contributed by atoms with Crippen molar-refractivity contribution >= 4 is 6.03 Å². The number of amides is 2. The predicted molar refractivity (Wildman–Crippen MR) is 99.4 cm³/mol.